The molecule has 0 heterocycles. The van der Waals surface area contributed by atoms with Crippen molar-refractivity contribution in [3.8, 4) is 0 Å². The molecule has 3 heteroatoms. The summed E-state index contributed by atoms with van der Waals surface area (Å²) in [6.07, 6.45) is 0. The summed E-state index contributed by atoms with van der Waals surface area (Å²) in [4.78, 5) is 2.28. The van der Waals surface area contributed by atoms with Crippen LogP contribution in [0.1, 0.15) is 11.1 Å². The monoisotopic (exact) mass is 226 g/mol. The van der Waals surface area contributed by atoms with Crippen LogP contribution in [0.15, 0.2) is 18.2 Å². The summed E-state index contributed by atoms with van der Waals surface area (Å²) in [5.41, 5.74) is 2.41. The van der Waals surface area contributed by atoms with Crippen LogP contribution in [0.2, 0.25) is 5.02 Å². The molecule has 0 amide bonds. The Morgan fingerprint density at radius 3 is 2.73 bits per heavy atom. The van der Waals surface area contributed by atoms with Crippen molar-refractivity contribution in [2.24, 2.45) is 0 Å². The first-order valence-corrected chi connectivity index (χ1v) is 5.59. The molecule has 84 valence electrons. The normalized spacial score (nSPS) is 11.0. The number of halogens is 1. The van der Waals surface area contributed by atoms with Crippen LogP contribution in [-0.4, -0.2) is 32.1 Å². The van der Waals surface area contributed by atoms with Crippen molar-refractivity contribution in [1.82, 2.24) is 10.2 Å². The molecular weight excluding hydrogens is 208 g/mol. The average molecular weight is 227 g/mol. The first kappa shape index (κ1) is 12.5. The molecule has 1 aromatic carbocycles. The molecule has 1 N–H and O–H groups in total. The molecule has 0 aromatic heterocycles. The number of nitrogens with zero attached hydrogens (tertiary/aromatic N) is 1. The van der Waals surface area contributed by atoms with Gasteiger partial charge >= 0.3 is 0 Å². The van der Waals surface area contributed by atoms with Crippen LogP contribution in [0.4, 0.5) is 0 Å². The molecular formula is C12H19ClN2. The zero-order chi connectivity index (χ0) is 11.3. The van der Waals surface area contributed by atoms with E-state index in [-0.39, 0.29) is 0 Å². The number of benzene rings is 1. The molecule has 0 fully saturated rings. The van der Waals surface area contributed by atoms with E-state index < -0.39 is 0 Å². The molecule has 0 aliphatic carbocycles. The van der Waals surface area contributed by atoms with Gasteiger partial charge in [-0.15, -0.1) is 0 Å². The number of nitrogens with one attached hydrogen (secondary N) is 1. The van der Waals surface area contributed by atoms with Gasteiger partial charge in [0.05, 0.1) is 0 Å². The molecule has 0 bridgehead atoms. The molecule has 2 nitrogen and oxygen atoms in total. The van der Waals surface area contributed by atoms with E-state index in [1.165, 1.54) is 5.56 Å². The molecule has 0 spiro atoms. The zero-order valence-corrected chi connectivity index (χ0v) is 10.4. The lowest BCUT2D eigenvalue weighted by Gasteiger charge is -2.16. The van der Waals surface area contributed by atoms with E-state index in [9.17, 15) is 0 Å². The Morgan fingerprint density at radius 2 is 2.13 bits per heavy atom. The predicted octanol–water partition coefficient (Wildman–Crippen LogP) is 2.30. The van der Waals surface area contributed by atoms with Gasteiger partial charge in [-0.1, -0.05) is 23.7 Å². The predicted molar refractivity (Wildman–Crippen MR) is 66.4 cm³/mol. The van der Waals surface area contributed by atoms with E-state index >= 15 is 0 Å². The highest BCUT2D eigenvalue weighted by Gasteiger charge is 2.01. The summed E-state index contributed by atoms with van der Waals surface area (Å²) in [5.74, 6) is 0. The van der Waals surface area contributed by atoms with Crippen molar-refractivity contribution in [2.75, 3.05) is 27.2 Å². The lowest BCUT2D eigenvalue weighted by atomic mass is 10.1. The maximum absolute atomic E-state index is 6.07. The number of aryl methyl sites for hydroxylation is 1. The van der Waals surface area contributed by atoms with Crippen LogP contribution in [0, 0.1) is 6.92 Å². The van der Waals surface area contributed by atoms with Gasteiger partial charge in [-0.05, 0) is 38.2 Å². The SMILES string of the molecule is CNCCN(C)Cc1ccc(C)c(Cl)c1. The number of hydrogen-bond acceptors (Lipinski definition) is 2. The van der Waals surface area contributed by atoms with Crippen molar-refractivity contribution >= 4 is 11.6 Å². The molecule has 0 radical (unpaired) electrons. The van der Waals surface area contributed by atoms with Crippen LogP contribution in [0.5, 0.6) is 0 Å². The minimum atomic E-state index is 0.856. The van der Waals surface area contributed by atoms with Crippen LogP contribution in [0.3, 0.4) is 0 Å². The highest BCUT2D eigenvalue weighted by atomic mass is 35.5. The summed E-state index contributed by atoms with van der Waals surface area (Å²) in [7, 11) is 4.09. The highest BCUT2D eigenvalue weighted by molar-refractivity contribution is 6.31. The molecule has 1 rings (SSSR count). The van der Waals surface area contributed by atoms with Gasteiger partial charge in [-0.3, -0.25) is 0 Å². The Morgan fingerprint density at radius 1 is 1.40 bits per heavy atom. The van der Waals surface area contributed by atoms with Gasteiger partial charge in [-0.25, -0.2) is 0 Å². The molecule has 0 aliphatic heterocycles. The van der Waals surface area contributed by atoms with Crippen LogP contribution < -0.4 is 5.32 Å². The lowest BCUT2D eigenvalue weighted by Crippen LogP contribution is -2.26. The topological polar surface area (TPSA) is 15.3 Å². The van der Waals surface area contributed by atoms with Gasteiger partial charge in [0, 0.05) is 24.7 Å². The fourth-order valence-corrected chi connectivity index (χ4v) is 1.63. The third-order valence-corrected chi connectivity index (χ3v) is 2.84. The second-order valence-corrected chi connectivity index (χ2v) is 4.33. The maximum atomic E-state index is 6.07. The zero-order valence-electron chi connectivity index (χ0n) is 9.68. The molecule has 1 aromatic rings. The van der Waals surface area contributed by atoms with Gasteiger partial charge in [0.1, 0.15) is 0 Å². The van der Waals surface area contributed by atoms with Gasteiger partial charge in [-0.2, -0.15) is 0 Å². The average Bonchev–Trinajstić information content (AvgIpc) is 2.20. The number of hydrogen-bond donors (Lipinski definition) is 1. The standard InChI is InChI=1S/C12H19ClN2/c1-10-4-5-11(8-12(10)13)9-15(3)7-6-14-2/h4-5,8,14H,6-7,9H2,1-3H3. The van der Waals surface area contributed by atoms with E-state index in [4.69, 9.17) is 11.6 Å². The van der Waals surface area contributed by atoms with E-state index in [0.29, 0.717) is 0 Å². The van der Waals surface area contributed by atoms with E-state index in [0.717, 1.165) is 30.2 Å². The van der Waals surface area contributed by atoms with Crippen molar-refractivity contribution in [3.63, 3.8) is 0 Å². The van der Waals surface area contributed by atoms with Crippen molar-refractivity contribution in [3.05, 3.63) is 34.3 Å². The van der Waals surface area contributed by atoms with Gasteiger partial charge in [0.25, 0.3) is 0 Å². The largest absolute Gasteiger partial charge is 0.318 e. The fraction of sp³-hybridized carbons (Fsp3) is 0.500. The Labute approximate surface area is 97.2 Å². The van der Waals surface area contributed by atoms with Crippen LogP contribution in [-0.2, 0) is 6.54 Å². The minimum absolute atomic E-state index is 0.856. The summed E-state index contributed by atoms with van der Waals surface area (Å²) in [6, 6.07) is 6.26. The fourth-order valence-electron chi connectivity index (χ4n) is 1.43. The summed E-state index contributed by atoms with van der Waals surface area (Å²) in [6.45, 7) is 5.02. The third-order valence-electron chi connectivity index (χ3n) is 2.43. The summed E-state index contributed by atoms with van der Waals surface area (Å²) < 4.78 is 0. The molecule has 0 saturated carbocycles. The molecule has 0 saturated heterocycles. The van der Waals surface area contributed by atoms with Gasteiger partial charge in [0.15, 0.2) is 0 Å². The smallest absolute Gasteiger partial charge is 0.0438 e. The second-order valence-electron chi connectivity index (χ2n) is 3.92. The van der Waals surface area contributed by atoms with E-state index in [1.807, 2.05) is 20.0 Å². The minimum Gasteiger partial charge on any atom is -0.318 e. The Hall–Kier alpha value is -0.570. The van der Waals surface area contributed by atoms with Crippen LogP contribution in [0.25, 0.3) is 0 Å². The van der Waals surface area contributed by atoms with Crippen molar-refractivity contribution in [1.29, 1.82) is 0 Å². The molecule has 0 unspecified atom stereocenters. The van der Waals surface area contributed by atoms with Crippen LogP contribution >= 0.6 is 11.6 Å². The first-order chi connectivity index (χ1) is 7.13. The van der Waals surface area contributed by atoms with E-state index in [2.05, 4.69) is 29.4 Å². The van der Waals surface area contributed by atoms with E-state index in [1.54, 1.807) is 0 Å². The highest BCUT2D eigenvalue weighted by Crippen LogP contribution is 2.17. The first-order valence-electron chi connectivity index (χ1n) is 5.21. The lowest BCUT2D eigenvalue weighted by molar-refractivity contribution is 0.328. The molecule has 15 heavy (non-hydrogen) atoms. The van der Waals surface area contributed by atoms with Crippen molar-refractivity contribution in [2.45, 2.75) is 13.5 Å². The Bertz CT molecular complexity index is 312. The van der Waals surface area contributed by atoms with Crippen molar-refractivity contribution < 1.29 is 0 Å². The molecule has 0 aliphatic rings. The summed E-state index contributed by atoms with van der Waals surface area (Å²) in [5, 5.41) is 3.99. The molecule has 0 atom stereocenters. The quantitative estimate of drug-likeness (QED) is 0.829. The van der Waals surface area contributed by atoms with Gasteiger partial charge in [0.2, 0.25) is 0 Å². The maximum Gasteiger partial charge on any atom is 0.0438 e. The Balaban J connectivity index is 2.53. The second kappa shape index (κ2) is 6.11. The number of rotatable bonds is 5. The third kappa shape index (κ3) is 4.20. The Kier molecular flexibility index (Phi) is 5.09. The number of likely N-dealkylation sites (N-methyl/N-ethyl adjacent to an activating group) is 2. The summed E-state index contributed by atoms with van der Waals surface area (Å²) >= 11 is 6.07. The van der Waals surface area contributed by atoms with Gasteiger partial charge < -0.3 is 10.2 Å².